The molecular formula is C21H17N3O2S. The number of para-hydroxylation sites is 2. The summed E-state index contributed by atoms with van der Waals surface area (Å²) >= 11 is 1.62. The zero-order valence-electron chi connectivity index (χ0n) is 14.6. The zero-order chi connectivity index (χ0) is 18.6. The Bertz CT molecular complexity index is 1030. The Morgan fingerprint density at radius 3 is 2.56 bits per heavy atom. The number of benzene rings is 2. The fourth-order valence-electron chi connectivity index (χ4n) is 2.57. The van der Waals surface area contributed by atoms with Crippen molar-refractivity contribution < 1.29 is 9.53 Å². The summed E-state index contributed by atoms with van der Waals surface area (Å²) in [5.74, 6) is 0.881. The van der Waals surface area contributed by atoms with Gasteiger partial charge in [0.05, 0.1) is 10.2 Å². The third kappa shape index (κ3) is 3.96. The zero-order valence-corrected chi connectivity index (χ0v) is 15.4. The number of hydrogen-bond donors (Lipinski definition) is 1. The molecule has 4 aromatic rings. The van der Waals surface area contributed by atoms with Gasteiger partial charge in [-0.05, 0) is 43.3 Å². The Kier molecular flexibility index (Phi) is 4.80. The number of thiazole rings is 1. The molecule has 0 aliphatic carbocycles. The van der Waals surface area contributed by atoms with Crippen LogP contribution in [0.3, 0.4) is 0 Å². The first kappa shape index (κ1) is 17.2. The summed E-state index contributed by atoms with van der Waals surface area (Å²) < 4.78 is 6.76. The normalized spacial score (nSPS) is 11.9. The number of ether oxygens (including phenoxy) is 1. The molecular weight excluding hydrogens is 358 g/mol. The van der Waals surface area contributed by atoms with E-state index in [-0.39, 0.29) is 5.91 Å². The Hall–Kier alpha value is -3.25. The van der Waals surface area contributed by atoms with E-state index in [0.717, 1.165) is 20.8 Å². The van der Waals surface area contributed by atoms with Crippen LogP contribution in [-0.2, 0) is 4.79 Å². The monoisotopic (exact) mass is 375 g/mol. The number of rotatable bonds is 5. The number of nitrogens with one attached hydrogen (secondary N) is 1. The predicted molar refractivity (Wildman–Crippen MR) is 108 cm³/mol. The van der Waals surface area contributed by atoms with Gasteiger partial charge in [-0.1, -0.05) is 30.3 Å². The van der Waals surface area contributed by atoms with Gasteiger partial charge in [-0.25, -0.2) is 9.97 Å². The van der Waals surface area contributed by atoms with Crippen molar-refractivity contribution in [1.29, 1.82) is 0 Å². The number of pyridine rings is 1. The molecule has 0 aliphatic rings. The Morgan fingerprint density at radius 1 is 1.04 bits per heavy atom. The van der Waals surface area contributed by atoms with E-state index in [9.17, 15) is 4.79 Å². The van der Waals surface area contributed by atoms with E-state index in [1.807, 2.05) is 60.7 Å². The van der Waals surface area contributed by atoms with Crippen molar-refractivity contribution in [2.45, 2.75) is 13.0 Å². The average Bonchev–Trinajstić information content (AvgIpc) is 3.13. The minimum Gasteiger partial charge on any atom is -0.481 e. The van der Waals surface area contributed by atoms with E-state index in [0.29, 0.717) is 11.6 Å². The second kappa shape index (κ2) is 7.55. The highest BCUT2D eigenvalue weighted by Gasteiger charge is 2.15. The second-order valence-corrected chi connectivity index (χ2v) is 7.01. The van der Waals surface area contributed by atoms with E-state index in [1.165, 1.54) is 0 Å². The van der Waals surface area contributed by atoms with Crippen LogP contribution < -0.4 is 10.1 Å². The van der Waals surface area contributed by atoms with E-state index < -0.39 is 6.10 Å². The molecule has 5 nitrogen and oxygen atoms in total. The highest BCUT2D eigenvalue weighted by Crippen LogP contribution is 2.29. The molecule has 0 aliphatic heterocycles. The van der Waals surface area contributed by atoms with Crippen LogP contribution in [0.2, 0.25) is 0 Å². The molecule has 1 N–H and O–H groups in total. The second-order valence-electron chi connectivity index (χ2n) is 5.98. The van der Waals surface area contributed by atoms with Gasteiger partial charge in [0, 0.05) is 11.8 Å². The number of carbonyl (C=O) groups is 1. The number of fused-ring (bicyclic) bond motifs is 1. The third-order valence-electron chi connectivity index (χ3n) is 3.98. The number of aromatic nitrogens is 2. The van der Waals surface area contributed by atoms with Crippen LogP contribution >= 0.6 is 11.3 Å². The molecule has 0 saturated carbocycles. The molecule has 0 spiro atoms. The fourth-order valence-corrected chi connectivity index (χ4v) is 3.53. The summed E-state index contributed by atoms with van der Waals surface area (Å²) in [4.78, 5) is 21.3. The maximum Gasteiger partial charge on any atom is 0.266 e. The molecule has 134 valence electrons. The lowest BCUT2D eigenvalue weighted by atomic mass is 10.3. The van der Waals surface area contributed by atoms with Crippen molar-refractivity contribution in [1.82, 2.24) is 9.97 Å². The van der Waals surface area contributed by atoms with Crippen LogP contribution in [0.15, 0.2) is 72.9 Å². The molecule has 0 radical (unpaired) electrons. The average molecular weight is 375 g/mol. The maximum absolute atomic E-state index is 12.3. The maximum atomic E-state index is 12.3. The molecule has 0 bridgehead atoms. The van der Waals surface area contributed by atoms with Gasteiger partial charge in [-0.15, -0.1) is 11.3 Å². The molecule has 4 rings (SSSR count). The molecule has 2 aromatic heterocycles. The summed E-state index contributed by atoms with van der Waals surface area (Å²) in [6.45, 7) is 1.71. The minimum absolute atomic E-state index is 0.251. The van der Waals surface area contributed by atoms with Crippen molar-refractivity contribution in [2.75, 3.05) is 5.32 Å². The fraction of sp³-hybridized carbons (Fsp3) is 0.0952. The molecule has 2 aromatic carbocycles. The molecule has 1 unspecified atom stereocenters. The van der Waals surface area contributed by atoms with Gasteiger partial charge in [0.1, 0.15) is 16.6 Å². The first-order valence-corrected chi connectivity index (χ1v) is 9.35. The third-order valence-corrected chi connectivity index (χ3v) is 5.07. The van der Waals surface area contributed by atoms with Gasteiger partial charge in [-0.3, -0.25) is 4.79 Å². The lowest BCUT2D eigenvalue weighted by Gasteiger charge is -2.14. The summed E-state index contributed by atoms with van der Waals surface area (Å²) in [5.41, 5.74) is 1.89. The minimum atomic E-state index is -0.627. The SMILES string of the molecule is CC(Oc1ccccc1)C(=O)Nc1ccc(-c2nc3ccccc3s2)cn1. The molecule has 1 amide bonds. The highest BCUT2D eigenvalue weighted by molar-refractivity contribution is 7.21. The van der Waals surface area contributed by atoms with Gasteiger partial charge in [-0.2, -0.15) is 0 Å². The molecule has 27 heavy (non-hydrogen) atoms. The topological polar surface area (TPSA) is 64.1 Å². The van der Waals surface area contributed by atoms with Crippen LogP contribution in [0.4, 0.5) is 5.82 Å². The lowest BCUT2D eigenvalue weighted by Crippen LogP contribution is -2.30. The van der Waals surface area contributed by atoms with Crippen molar-refractivity contribution in [3.8, 4) is 16.3 Å². The smallest absolute Gasteiger partial charge is 0.266 e. The van der Waals surface area contributed by atoms with Crippen molar-refractivity contribution in [3.63, 3.8) is 0 Å². The summed E-state index contributed by atoms with van der Waals surface area (Å²) in [6, 6.07) is 20.9. The van der Waals surface area contributed by atoms with E-state index in [4.69, 9.17) is 4.74 Å². The highest BCUT2D eigenvalue weighted by atomic mass is 32.1. The standard InChI is InChI=1S/C21H17N3O2S/c1-14(26-16-7-3-2-4-8-16)20(25)24-19-12-11-15(13-22-19)21-23-17-9-5-6-10-18(17)27-21/h2-14H,1H3,(H,22,24,25). The Labute approximate surface area is 160 Å². The van der Waals surface area contributed by atoms with Crippen molar-refractivity contribution in [2.24, 2.45) is 0 Å². The molecule has 1 atom stereocenters. The van der Waals surface area contributed by atoms with E-state index in [1.54, 1.807) is 30.5 Å². The summed E-state index contributed by atoms with van der Waals surface area (Å²) in [7, 11) is 0. The van der Waals surface area contributed by atoms with Crippen molar-refractivity contribution >= 4 is 33.3 Å². The van der Waals surface area contributed by atoms with Gasteiger partial charge in [0.15, 0.2) is 6.10 Å². The van der Waals surface area contributed by atoms with Crippen LogP contribution in [0.1, 0.15) is 6.92 Å². The molecule has 6 heteroatoms. The van der Waals surface area contributed by atoms with Gasteiger partial charge >= 0.3 is 0 Å². The Morgan fingerprint density at radius 2 is 1.81 bits per heavy atom. The van der Waals surface area contributed by atoms with Crippen LogP contribution in [0, 0.1) is 0 Å². The number of carbonyl (C=O) groups excluding carboxylic acids is 1. The predicted octanol–water partition coefficient (Wildman–Crippen LogP) is 4.76. The number of anilines is 1. The van der Waals surface area contributed by atoms with Gasteiger partial charge < -0.3 is 10.1 Å². The molecule has 0 fully saturated rings. The van der Waals surface area contributed by atoms with Crippen LogP contribution in [0.25, 0.3) is 20.8 Å². The van der Waals surface area contributed by atoms with Crippen molar-refractivity contribution in [3.05, 3.63) is 72.9 Å². The molecule has 2 heterocycles. The van der Waals surface area contributed by atoms with Gasteiger partial charge in [0.2, 0.25) is 0 Å². The van der Waals surface area contributed by atoms with E-state index in [2.05, 4.69) is 15.3 Å². The first-order chi connectivity index (χ1) is 13.2. The number of hydrogen-bond acceptors (Lipinski definition) is 5. The van der Waals surface area contributed by atoms with Gasteiger partial charge in [0.25, 0.3) is 5.91 Å². The first-order valence-electron chi connectivity index (χ1n) is 8.53. The summed E-state index contributed by atoms with van der Waals surface area (Å²) in [5, 5.41) is 3.68. The van der Waals surface area contributed by atoms with Crippen LogP contribution in [0.5, 0.6) is 5.75 Å². The Balaban J connectivity index is 1.43. The quantitative estimate of drug-likeness (QED) is 0.546. The molecule has 0 saturated heterocycles. The summed E-state index contributed by atoms with van der Waals surface area (Å²) in [6.07, 6.45) is 1.09. The van der Waals surface area contributed by atoms with Crippen LogP contribution in [-0.4, -0.2) is 22.0 Å². The van der Waals surface area contributed by atoms with E-state index >= 15 is 0 Å². The number of nitrogens with zero attached hydrogens (tertiary/aromatic N) is 2. The largest absolute Gasteiger partial charge is 0.481 e. The number of amides is 1. The lowest BCUT2D eigenvalue weighted by molar-refractivity contribution is -0.122.